The van der Waals surface area contributed by atoms with Crippen molar-refractivity contribution in [2.75, 3.05) is 6.54 Å². The van der Waals surface area contributed by atoms with E-state index in [2.05, 4.69) is 15.4 Å². The molecule has 1 atom stereocenters. The minimum absolute atomic E-state index is 0.0784. The summed E-state index contributed by atoms with van der Waals surface area (Å²) in [6.07, 6.45) is 3.97. The molecular weight excluding hydrogens is 326 g/mol. The number of aromatic amines is 1. The van der Waals surface area contributed by atoms with Crippen LogP contribution in [0.1, 0.15) is 18.2 Å². The van der Waals surface area contributed by atoms with Crippen molar-refractivity contribution >= 4 is 16.8 Å². The molecule has 25 heavy (non-hydrogen) atoms. The van der Waals surface area contributed by atoms with Crippen LogP contribution in [0, 0.1) is 24.5 Å². The highest BCUT2D eigenvalue weighted by molar-refractivity contribution is 5.85. The lowest BCUT2D eigenvalue weighted by atomic mass is 10.1. The third kappa shape index (κ3) is 3.70. The number of hydrogen-bond acceptors (Lipinski definition) is 2. The molecular formula is C18H20F2N4O. The van der Waals surface area contributed by atoms with Gasteiger partial charge in [-0.15, -0.1) is 0 Å². The summed E-state index contributed by atoms with van der Waals surface area (Å²) in [4.78, 5) is 15.1. The molecule has 0 aliphatic rings. The zero-order valence-electron chi connectivity index (χ0n) is 14.1. The maximum atomic E-state index is 13.8. The van der Waals surface area contributed by atoms with Gasteiger partial charge in [0.15, 0.2) is 0 Å². The number of nitrogens with zero attached hydrogens (tertiary/aromatic N) is 2. The molecule has 5 nitrogen and oxygen atoms in total. The number of nitrogens with one attached hydrogen (secondary N) is 2. The smallest absolute Gasteiger partial charge is 0.224 e. The standard InChI is InChI=1S/C18H20F2N4O/c1-11(10-24-7-3-5-22-24)18(25)21-6-4-14-12(2)23-17-15(14)8-13(19)9-16(17)20/h3,5,7-9,11,23H,4,6,10H2,1-2H3,(H,21,25)/t11-/m0/s1. The molecule has 0 aliphatic carbocycles. The van der Waals surface area contributed by atoms with Gasteiger partial charge in [0.2, 0.25) is 5.91 Å². The van der Waals surface area contributed by atoms with Crippen LogP contribution in [0.15, 0.2) is 30.6 Å². The van der Waals surface area contributed by atoms with E-state index in [1.165, 1.54) is 6.07 Å². The second kappa shape index (κ2) is 7.04. The maximum Gasteiger partial charge on any atom is 0.224 e. The van der Waals surface area contributed by atoms with Gasteiger partial charge < -0.3 is 10.3 Å². The number of carbonyl (C=O) groups is 1. The topological polar surface area (TPSA) is 62.7 Å². The fraction of sp³-hybridized carbons (Fsp3) is 0.333. The van der Waals surface area contributed by atoms with Gasteiger partial charge in [-0.1, -0.05) is 6.92 Å². The van der Waals surface area contributed by atoms with Gasteiger partial charge in [0.05, 0.1) is 18.0 Å². The Morgan fingerprint density at radius 3 is 2.92 bits per heavy atom. The van der Waals surface area contributed by atoms with Gasteiger partial charge in [-0.05, 0) is 31.0 Å². The third-order valence-electron chi connectivity index (χ3n) is 4.29. The lowest BCUT2D eigenvalue weighted by Crippen LogP contribution is -2.33. The van der Waals surface area contributed by atoms with Crippen LogP contribution in [0.3, 0.4) is 0 Å². The van der Waals surface area contributed by atoms with Crippen molar-refractivity contribution in [1.82, 2.24) is 20.1 Å². The molecule has 0 unspecified atom stereocenters. The van der Waals surface area contributed by atoms with Gasteiger partial charge in [-0.3, -0.25) is 9.48 Å². The number of fused-ring (bicyclic) bond motifs is 1. The number of benzene rings is 1. The van der Waals surface area contributed by atoms with E-state index in [1.54, 1.807) is 10.9 Å². The van der Waals surface area contributed by atoms with Gasteiger partial charge in [0.25, 0.3) is 0 Å². The number of carbonyl (C=O) groups excluding carboxylic acids is 1. The van der Waals surface area contributed by atoms with Gasteiger partial charge in [-0.25, -0.2) is 8.78 Å². The maximum absolute atomic E-state index is 13.8. The predicted molar refractivity (Wildman–Crippen MR) is 91.1 cm³/mol. The number of rotatable bonds is 6. The summed E-state index contributed by atoms with van der Waals surface area (Å²) in [5.74, 6) is -1.52. The number of amides is 1. The van der Waals surface area contributed by atoms with E-state index in [0.717, 1.165) is 17.3 Å². The zero-order chi connectivity index (χ0) is 18.0. The molecule has 7 heteroatoms. The van der Waals surface area contributed by atoms with E-state index >= 15 is 0 Å². The predicted octanol–water partition coefficient (Wildman–Crippen LogP) is 2.95. The molecule has 0 saturated carbocycles. The third-order valence-corrected chi connectivity index (χ3v) is 4.29. The molecule has 0 radical (unpaired) electrons. The summed E-state index contributed by atoms with van der Waals surface area (Å²) in [6, 6.07) is 3.99. The number of aryl methyl sites for hydroxylation is 1. The molecule has 0 saturated heterocycles. The van der Waals surface area contributed by atoms with E-state index in [1.807, 2.05) is 26.1 Å². The minimum Gasteiger partial charge on any atom is -0.356 e. The summed E-state index contributed by atoms with van der Waals surface area (Å²) in [5.41, 5.74) is 1.89. The lowest BCUT2D eigenvalue weighted by molar-refractivity contribution is -0.124. The van der Waals surface area contributed by atoms with Crippen LogP contribution in [-0.4, -0.2) is 27.2 Å². The van der Waals surface area contributed by atoms with Gasteiger partial charge in [-0.2, -0.15) is 5.10 Å². The average Bonchev–Trinajstić information content (AvgIpc) is 3.16. The van der Waals surface area contributed by atoms with Crippen LogP contribution in [0.2, 0.25) is 0 Å². The molecule has 0 aliphatic heterocycles. The van der Waals surface area contributed by atoms with Crippen LogP contribution in [0.5, 0.6) is 0 Å². The number of hydrogen-bond donors (Lipinski definition) is 2. The lowest BCUT2D eigenvalue weighted by Gasteiger charge is -2.12. The Morgan fingerprint density at radius 1 is 1.40 bits per heavy atom. The molecule has 1 amide bonds. The molecule has 1 aromatic carbocycles. The van der Waals surface area contributed by atoms with Crippen molar-refractivity contribution in [1.29, 1.82) is 0 Å². The van der Waals surface area contributed by atoms with Gasteiger partial charge >= 0.3 is 0 Å². The highest BCUT2D eigenvalue weighted by Crippen LogP contribution is 2.25. The Balaban J connectivity index is 1.63. The van der Waals surface area contributed by atoms with E-state index in [9.17, 15) is 13.6 Å². The summed E-state index contributed by atoms with van der Waals surface area (Å²) in [7, 11) is 0. The zero-order valence-corrected chi connectivity index (χ0v) is 14.1. The van der Waals surface area contributed by atoms with E-state index < -0.39 is 11.6 Å². The van der Waals surface area contributed by atoms with Crippen LogP contribution >= 0.6 is 0 Å². The first-order valence-electron chi connectivity index (χ1n) is 8.17. The van der Waals surface area contributed by atoms with Crippen LogP contribution in [-0.2, 0) is 17.8 Å². The molecule has 3 aromatic rings. The summed E-state index contributed by atoms with van der Waals surface area (Å²) >= 11 is 0. The van der Waals surface area contributed by atoms with Crippen molar-refractivity contribution < 1.29 is 13.6 Å². The Labute approximate surface area is 144 Å². The van der Waals surface area contributed by atoms with Crippen LogP contribution in [0.4, 0.5) is 8.78 Å². The normalized spacial score (nSPS) is 12.5. The molecule has 0 fully saturated rings. The SMILES string of the molecule is Cc1[nH]c2c(F)cc(F)cc2c1CCNC(=O)[C@@H](C)Cn1cccn1. The first-order chi connectivity index (χ1) is 12.0. The molecule has 3 rings (SSSR count). The van der Waals surface area contributed by atoms with Crippen molar-refractivity contribution in [3.63, 3.8) is 0 Å². The van der Waals surface area contributed by atoms with E-state index in [4.69, 9.17) is 0 Å². The second-order valence-corrected chi connectivity index (χ2v) is 6.21. The fourth-order valence-corrected chi connectivity index (χ4v) is 2.98. The molecule has 2 N–H and O–H groups in total. The summed E-state index contributed by atoms with van der Waals surface area (Å²) in [6.45, 7) is 4.54. The molecule has 0 bridgehead atoms. The van der Waals surface area contributed by atoms with Gasteiger partial charge in [0, 0.05) is 36.1 Å². The summed E-state index contributed by atoms with van der Waals surface area (Å²) < 4.78 is 29.0. The highest BCUT2D eigenvalue weighted by atomic mass is 19.1. The number of halogens is 2. The molecule has 0 spiro atoms. The monoisotopic (exact) mass is 346 g/mol. The second-order valence-electron chi connectivity index (χ2n) is 6.21. The Bertz CT molecular complexity index is 886. The highest BCUT2D eigenvalue weighted by Gasteiger charge is 2.16. The largest absolute Gasteiger partial charge is 0.356 e. The first-order valence-corrected chi connectivity index (χ1v) is 8.17. The number of H-pyrrole nitrogens is 1. The van der Waals surface area contributed by atoms with Crippen molar-refractivity contribution in [3.8, 4) is 0 Å². The fourth-order valence-electron chi connectivity index (χ4n) is 2.98. The van der Waals surface area contributed by atoms with Crippen molar-refractivity contribution in [3.05, 3.63) is 53.5 Å². The number of aromatic nitrogens is 3. The Kier molecular flexibility index (Phi) is 4.83. The van der Waals surface area contributed by atoms with E-state index in [-0.39, 0.29) is 11.8 Å². The Hall–Kier alpha value is -2.70. The molecule has 2 aromatic heterocycles. The molecule has 132 valence electrons. The average molecular weight is 346 g/mol. The Morgan fingerprint density at radius 2 is 2.20 bits per heavy atom. The van der Waals surface area contributed by atoms with Crippen LogP contribution in [0.25, 0.3) is 10.9 Å². The minimum atomic E-state index is -0.610. The van der Waals surface area contributed by atoms with Crippen molar-refractivity contribution in [2.45, 2.75) is 26.8 Å². The molecule has 2 heterocycles. The summed E-state index contributed by atoms with van der Waals surface area (Å²) in [5, 5.41) is 7.48. The quantitative estimate of drug-likeness (QED) is 0.721. The van der Waals surface area contributed by atoms with E-state index in [0.29, 0.717) is 30.4 Å². The van der Waals surface area contributed by atoms with Gasteiger partial charge in [0.1, 0.15) is 11.6 Å². The first kappa shape index (κ1) is 17.1. The van der Waals surface area contributed by atoms with Crippen molar-refractivity contribution in [2.24, 2.45) is 5.92 Å². The van der Waals surface area contributed by atoms with Crippen LogP contribution < -0.4 is 5.32 Å².